The van der Waals surface area contributed by atoms with Crippen LogP contribution in [0.25, 0.3) is 0 Å². The van der Waals surface area contributed by atoms with Crippen LogP contribution in [0.1, 0.15) is 25.1 Å². The lowest BCUT2D eigenvalue weighted by Crippen LogP contribution is -2.12. The van der Waals surface area contributed by atoms with E-state index >= 15 is 0 Å². The van der Waals surface area contributed by atoms with Crippen LogP contribution in [0, 0.1) is 0 Å². The van der Waals surface area contributed by atoms with E-state index in [4.69, 9.17) is 5.73 Å². The first kappa shape index (κ1) is 7.14. The highest BCUT2D eigenvalue weighted by molar-refractivity contribution is 4.90. The van der Waals surface area contributed by atoms with E-state index in [1.165, 1.54) is 0 Å². The zero-order chi connectivity index (χ0) is 7.40. The summed E-state index contributed by atoms with van der Waals surface area (Å²) >= 11 is 0. The largest absolute Gasteiger partial charge is 0.330 e. The highest BCUT2D eigenvalue weighted by atomic mass is 15.5. The first-order chi connectivity index (χ1) is 4.88. The Morgan fingerprint density at radius 1 is 1.70 bits per heavy atom. The number of hydrogen-bond donors (Lipinski definition) is 2. The predicted octanol–water partition coefficient (Wildman–Crippen LogP) is -0.348. The summed E-state index contributed by atoms with van der Waals surface area (Å²) in [4.78, 5) is 0. The fourth-order valence-electron chi connectivity index (χ4n) is 0.811. The molecule has 1 atom stereocenters. The number of rotatable bonds is 3. The monoisotopic (exact) mass is 141 g/mol. The van der Waals surface area contributed by atoms with E-state index in [0.29, 0.717) is 6.54 Å². The van der Waals surface area contributed by atoms with Gasteiger partial charge in [0.1, 0.15) is 0 Å². The molecule has 0 aliphatic heterocycles. The van der Waals surface area contributed by atoms with Gasteiger partial charge in [0, 0.05) is 12.5 Å². The summed E-state index contributed by atoms with van der Waals surface area (Å²) < 4.78 is 0. The molecule has 0 aliphatic rings. The molecule has 0 aromatic carbocycles. The van der Waals surface area contributed by atoms with Crippen molar-refractivity contribution in [3.05, 3.63) is 5.82 Å². The summed E-state index contributed by atoms with van der Waals surface area (Å²) in [6, 6.07) is 0. The molecule has 1 heterocycles. The minimum atomic E-state index is 0.273. The van der Waals surface area contributed by atoms with Crippen LogP contribution in [0.15, 0.2) is 0 Å². The first-order valence-electron chi connectivity index (χ1n) is 3.32. The smallest absolute Gasteiger partial charge is 0.152 e. The molecule has 0 saturated heterocycles. The Labute approximate surface area is 59.0 Å². The molecule has 1 aromatic heterocycles. The van der Waals surface area contributed by atoms with Crippen LogP contribution in [0.2, 0.25) is 0 Å². The fourth-order valence-corrected chi connectivity index (χ4v) is 0.811. The molecule has 5 heteroatoms. The second-order valence-electron chi connectivity index (χ2n) is 2.13. The van der Waals surface area contributed by atoms with E-state index in [-0.39, 0.29) is 5.92 Å². The molecular weight excluding hydrogens is 130 g/mol. The van der Waals surface area contributed by atoms with Gasteiger partial charge in [0.05, 0.1) is 0 Å². The molecule has 0 amide bonds. The molecule has 0 radical (unpaired) electrons. The van der Waals surface area contributed by atoms with Crippen LogP contribution in [0.4, 0.5) is 0 Å². The normalized spacial score (nSPS) is 13.4. The van der Waals surface area contributed by atoms with Crippen LogP contribution < -0.4 is 5.73 Å². The SMILES string of the molecule is CCC(CN)c1nnn[nH]1. The standard InChI is InChI=1S/C5H11N5/c1-2-4(3-6)5-7-9-10-8-5/h4H,2-3,6H2,1H3,(H,7,8,9,10). The molecule has 0 spiro atoms. The number of nitrogens with zero attached hydrogens (tertiary/aromatic N) is 3. The van der Waals surface area contributed by atoms with Gasteiger partial charge in [0.2, 0.25) is 0 Å². The number of tetrazole rings is 1. The van der Waals surface area contributed by atoms with Gasteiger partial charge in [0.15, 0.2) is 5.82 Å². The number of hydrogen-bond acceptors (Lipinski definition) is 4. The van der Waals surface area contributed by atoms with Crippen molar-refractivity contribution in [2.75, 3.05) is 6.54 Å². The lowest BCUT2D eigenvalue weighted by Gasteiger charge is -2.04. The number of H-pyrrole nitrogens is 1. The van der Waals surface area contributed by atoms with Gasteiger partial charge >= 0.3 is 0 Å². The predicted molar refractivity (Wildman–Crippen MR) is 36.3 cm³/mol. The molecule has 1 aromatic rings. The van der Waals surface area contributed by atoms with Crippen molar-refractivity contribution < 1.29 is 0 Å². The van der Waals surface area contributed by atoms with Gasteiger partial charge in [-0.2, -0.15) is 0 Å². The van der Waals surface area contributed by atoms with Crippen molar-refractivity contribution in [2.45, 2.75) is 19.3 Å². The van der Waals surface area contributed by atoms with Crippen molar-refractivity contribution >= 4 is 0 Å². The molecule has 3 N–H and O–H groups in total. The van der Waals surface area contributed by atoms with E-state index in [2.05, 4.69) is 27.5 Å². The molecule has 1 unspecified atom stereocenters. The van der Waals surface area contributed by atoms with E-state index in [9.17, 15) is 0 Å². The average molecular weight is 141 g/mol. The van der Waals surface area contributed by atoms with Crippen molar-refractivity contribution in [3.8, 4) is 0 Å². The molecular formula is C5H11N5. The van der Waals surface area contributed by atoms with E-state index in [1.807, 2.05) is 0 Å². The van der Waals surface area contributed by atoms with Gasteiger partial charge in [-0.25, -0.2) is 5.10 Å². The van der Waals surface area contributed by atoms with Crippen LogP contribution in [0.5, 0.6) is 0 Å². The second kappa shape index (κ2) is 3.26. The van der Waals surface area contributed by atoms with Gasteiger partial charge in [-0.05, 0) is 16.8 Å². The summed E-state index contributed by atoms with van der Waals surface area (Å²) in [5.74, 6) is 1.06. The molecule has 0 bridgehead atoms. The molecule has 0 fully saturated rings. The summed E-state index contributed by atoms with van der Waals surface area (Å²) in [6.45, 7) is 2.65. The number of aromatic amines is 1. The average Bonchev–Trinajstić information content (AvgIpc) is 2.43. The molecule has 10 heavy (non-hydrogen) atoms. The van der Waals surface area contributed by atoms with Gasteiger partial charge in [-0.1, -0.05) is 6.92 Å². The molecule has 0 saturated carbocycles. The van der Waals surface area contributed by atoms with Crippen LogP contribution >= 0.6 is 0 Å². The summed E-state index contributed by atoms with van der Waals surface area (Å²) in [5, 5.41) is 13.4. The topological polar surface area (TPSA) is 80.5 Å². The summed E-state index contributed by atoms with van der Waals surface area (Å²) in [6.07, 6.45) is 0.966. The van der Waals surface area contributed by atoms with E-state index in [0.717, 1.165) is 12.2 Å². The van der Waals surface area contributed by atoms with Crippen molar-refractivity contribution in [1.29, 1.82) is 0 Å². The Balaban J connectivity index is 2.64. The highest BCUT2D eigenvalue weighted by Crippen LogP contribution is 2.10. The first-order valence-corrected chi connectivity index (χ1v) is 3.32. The zero-order valence-electron chi connectivity index (χ0n) is 5.91. The quantitative estimate of drug-likeness (QED) is 0.603. The lowest BCUT2D eigenvalue weighted by atomic mass is 10.1. The summed E-state index contributed by atoms with van der Waals surface area (Å²) in [5.41, 5.74) is 5.46. The second-order valence-corrected chi connectivity index (χ2v) is 2.13. The van der Waals surface area contributed by atoms with Crippen molar-refractivity contribution in [2.24, 2.45) is 5.73 Å². The van der Waals surface area contributed by atoms with Crippen molar-refractivity contribution in [1.82, 2.24) is 20.6 Å². The maximum atomic E-state index is 5.46. The van der Waals surface area contributed by atoms with Gasteiger partial charge in [0.25, 0.3) is 0 Å². The minimum Gasteiger partial charge on any atom is -0.330 e. The number of aromatic nitrogens is 4. The maximum Gasteiger partial charge on any atom is 0.152 e. The Kier molecular flexibility index (Phi) is 2.33. The molecule has 5 nitrogen and oxygen atoms in total. The molecule has 0 aliphatic carbocycles. The lowest BCUT2D eigenvalue weighted by molar-refractivity contribution is 0.632. The third-order valence-corrected chi connectivity index (χ3v) is 1.53. The van der Waals surface area contributed by atoms with Crippen LogP contribution in [-0.4, -0.2) is 27.2 Å². The van der Waals surface area contributed by atoms with Gasteiger partial charge in [-0.3, -0.25) is 0 Å². The van der Waals surface area contributed by atoms with E-state index in [1.54, 1.807) is 0 Å². The van der Waals surface area contributed by atoms with Crippen molar-refractivity contribution in [3.63, 3.8) is 0 Å². The molecule has 56 valence electrons. The molecule has 1 rings (SSSR count). The Bertz CT molecular complexity index is 166. The van der Waals surface area contributed by atoms with Crippen LogP contribution in [-0.2, 0) is 0 Å². The fraction of sp³-hybridized carbons (Fsp3) is 0.800. The number of nitrogens with two attached hydrogens (primary N) is 1. The summed E-state index contributed by atoms with van der Waals surface area (Å²) in [7, 11) is 0. The van der Waals surface area contributed by atoms with Gasteiger partial charge in [-0.15, -0.1) is 5.10 Å². The highest BCUT2D eigenvalue weighted by Gasteiger charge is 2.09. The van der Waals surface area contributed by atoms with Crippen LogP contribution in [0.3, 0.4) is 0 Å². The number of nitrogens with one attached hydrogen (secondary N) is 1. The third kappa shape index (κ3) is 1.30. The van der Waals surface area contributed by atoms with Gasteiger partial charge < -0.3 is 5.73 Å². The Morgan fingerprint density at radius 2 is 2.50 bits per heavy atom. The zero-order valence-corrected chi connectivity index (χ0v) is 5.91. The Hall–Kier alpha value is -0.970. The third-order valence-electron chi connectivity index (χ3n) is 1.53. The Morgan fingerprint density at radius 3 is 2.90 bits per heavy atom. The minimum absolute atomic E-state index is 0.273. The van der Waals surface area contributed by atoms with E-state index < -0.39 is 0 Å². The maximum absolute atomic E-state index is 5.46.